The number of carbonyl (C=O) groups excluding carboxylic acids is 1. The van der Waals surface area contributed by atoms with E-state index in [1.54, 1.807) is 12.4 Å². The predicted octanol–water partition coefficient (Wildman–Crippen LogP) is 2.40. The first-order valence-corrected chi connectivity index (χ1v) is 8.24. The van der Waals surface area contributed by atoms with Crippen LogP contribution in [0.25, 0.3) is 0 Å². The first kappa shape index (κ1) is 15.7. The highest BCUT2D eigenvalue weighted by Crippen LogP contribution is 2.14. The first-order valence-electron chi connectivity index (χ1n) is 8.24. The van der Waals surface area contributed by atoms with Crippen LogP contribution in [0.5, 0.6) is 0 Å². The van der Waals surface area contributed by atoms with Gasteiger partial charge in [-0.2, -0.15) is 0 Å². The van der Waals surface area contributed by atoms with Gasteiger partial charge in [0.1, 0.15) is 0 Å². The lowest BCUT2D eigenvalue weighted by Crippen LogP contribution is -2.44. The van der Waals surface area contributed by atoms with Crippen LogP contribution in [-0.4, -0.2) is 34.9 Å². The van der Waals surface area contributed by atoms with Gasteiger partial charge in [0, 0.05) is 38.1 Å². The van der Waals surface area contributed by atoms with Crippen LogP contribution >= 0.6 is 0 Å². The van der Waals surface area contributed by atoms with E-state index in [0.29, 0.717) is 12.5 Å². The summed E-state index contributed by atoms with van der Waals surface area (Å²) in [5.41, 5.74) is 2.37. The molecule has 23 heavy (non-hydrogen) atoms. The molecule has 1 aromatic heterocycles. The molecule has 1 amide bonds. The molecule has 1 aliphatic rings. The summed E-state index contributed by atoms with van der Waals surface area (Å²) in [6, 6.07) is 14.6. The van der Waals surface area contributed by atoms with Gasteiger partial charge in [-0.25, -0.2) is 0 Å². The molecule has 1 N–H and O–H groups in total. The van der Waals surface area contributed by atoms with Crippen LogP contribution in [0.2, 0.25) is 0 Å². The Labute approximate surface area is 137 Å². The minimum absolute atomic E-state index is 0.109. The van der Waals surface area contributed by atoms with Crippen LogP contribution in [0.1, 0.15) is 24.0 Å². The van der Waals surface area contributed by atoms with Crippen LogP contribution in [0, 0.1) is 0 Å². The maximum absolute atomic E-state index is 12.1. The van der Waals surface area contributed by atoms with Crippen LogP contribution in [-0.2, 0) is 17.8 Å². The molecule has 0 aliphatic carbocycles. The zero-order chi connectivity index (χ0) is 15.9. The summed E-state index contributed by atoms with van der Waals surface area (Å²) in [5, 5.41) is 3.17. The highest BCUT2D eigenvalue weighted by atomic mass is 16.1. The van der Waals surface area contributed by atoms with Crippen molar-refractivity contribution in [2.75, 3.05) is 13.1 Å². The van der Waals surface area contributed by atoms with Gasteiger partial charge in [0.15, 0.2) is 0 Å². The zero-order valence-electron chi connectivity index (χ0n) is 13.3. The average Bonchev–Trinajstić information content (AvgIpc) is 2.58. The molecule has 4 heteroatoms. The monoisotopic (exact) mass is 309 g/mol. The maximum Gasteiger partial charge on any atom is 0.224 e. The number of hydrogen-bond donors (Lipinski definition) is 1. The second-order valence-electron chi connectivity index (χ2n) is 6.14. The first-order chi connectivity index (χ1) is 11.3. The zero-order valence-corrected chi connectivity index (χ0v) is 13.3. The van der Waals surface area contributed by atoms with Crippen molar-refractivity contribution in [2.45, 2.75) is 31.8 Å². The molecule has 1 fully saturated rings. The van der Waals surface area contributed by atoms with Crippen molar-refractivity contribution in [3.63, 3.8) is 0 Å². The molecule has 3 rings (SSSR count). The van der Waals surface area contributed by atoms with Gasteiger partial charge in [-0.15, -0.1) is 0 Å². The highest BCUT2D eigenvalue weighted by molar-refractivity contribution is 5.78. The lowest BCUT2D eigenvalue weighted by atomic mass is 10.0. The van der Waals surface area contributed by atoms with E-state index in [1.165, 1.54) is 5.56 Å². The Kier molecular flexibility index (Phi) is 5.37. The average molecular weight is 309 g/mol. The van der Waals surface area contributed by atoms with E-state index in [9.17, 15) is 4.79 Å². The quantitative estimate of drug-likeness (QED) is 0.922. The molecule has 0 saturated carbocycles. The second kappa shape index (κ2) is 7.88. The van der Waals surface area contributed by atoms with Crippen LogP contribution < -0.4 is 5.32 Å². The molecule has 0 spiro atoms. The number of nitrogens with zero attached hydrogens (tertiary/aromatic N) is 2. The van der Waals surface area contributed by atoms with Gasteiger partial charge in [0.25, 0.3) is 0 Å². The molecular formula is C19H23N3O. The summed E-state index contributed by atoms with van der Waals surface area (Å²) in [7, 11) is 0. The van der Waals surface area contributed by atoms with E-state index in [4.69, 9.17) is 0 Å². The van der Waals surface area contributed by atoms with Gasteiger partial charge in [0.05, 0.1) is 6.42 Å². The largest absolute Gasteiger partial charge is 0.353 e. The topological polar surface area (TPSA) is 45.2 Å². The number of amides is 1. The van der Waals surface area contributed by atoms with Crippen molar-refractivity contribution in [3.8, 4) is 0 Å². The SMILES string of the molecule is O=C(Cc1ccncc1)NC1CCN(Cc2ccccc2)CC1. The Hall–Kier alpha value is -2.20. The van der Waals surface area contributed by atoms with E-state index in [1.807, 2.05) is 18.2 Å². The molecule has 4 nitrogen and oxygen atoms in total. The number of rotatable bonds is 5. The van der Waals surface area contributed by atoms with Crippen molar-refractivity contribution >= 4 is 5.91 Å². The molecule has 2 aromatic rings. The second-order valence-corrected chi connectivity index (χ2v) is 6.14. The minimum atomic E-state index is 0.109. The van der Waals surface area contributed by atoms with E-state index in [0.717, 1.165) is 38.0 Å². The fourth-order valence-electron chi connectivity index (χ4n) is 3.04. The predicted molar refractivity (Wildman–Crippen MR) is 90.8 cm³/mol. The number of aromatic nitrogens is 1. The van der Waals surface area contributed by atoms with Gasteiger partial charge in [-0.1, -0.05) is 30.3 Å². The van der Waals surface area contributed by atoms with Crippen LogP contribution in [0.3, 0.4) is 0 Å². The third kappa shape index (κ3) is 4.89. The maximum atomic E-state index is 12.1. The molecule has 120 valence electrons. The molecule has 0 atom stereocenters. The van der Waals surface area contributed by atoms with Crippen molar-refractivity contribution in [2.24, 2.45) is 0 Å². The Morgan fingerprint density at radius 1 is 1.04 bits per heavy atom. The van der Waals surface area contributed by atoms with Gasteiger partial charge >= 0.3 is 0 Å². The van der Waals surface area contributed by atoms with E-state index in [-0.39, 0.29) is 5.91 Å². The molecule has 1 aliphatic heterocycles. The molecule has 0 radical (unpaired) electrons. The Balaban J connectivity index is 1.41. The summed E-state index contributed by atoms with van der Waals surface area (Å²) < 4.78 is 0. The van der Waals surface area contributed by atoms with Crippen molar-refractivity contribution in [3.05, 3.63) is 66.0 Å². The van der Waals surface area contributed by atoms with E-state index >= 15 is 0 Å². The molecule has 0 bridgehead atoms. The normalized spacial score (nSPS) is 16.2. The van der Waals surface area contributed by atoms with Crippen LogP contribution in [0.15, 0.2) is 54.9 Å². The van der Waals surface area contributed by atoms with Crippen molar-refractivity contribution in [1.82, 2.24) is 15.2 Å². The summed E-state index contributed by atoms with van der Waals surface area (Å²) >= 11 is 0. The van der Waals surface area contributed by atoms with Crippen molar-refractivity contribution < 1.29 is 4.79 Å². The molecule has 1 saturated heterocycles. The lowest BCUT2D eigenvalue weighted by molar-refractivity contribution is -0.121. The molecular weight excluding hydrogens is 286 g/mol. The smallest absolute Gasteiger partial charge is 0.224 e. The molecule has 0 unspecified atom stereocenters. The number of benzene rings is 1. The Bertz CT molecular complexity index is 607. The third-order valence-corrected chi connectivity index (χ3v) is 4.32. The number of carbonyl (C=O) groups is 1. The fraction of sp³-hybridized carbons (Fsp3) is 0.368. The van der Waals surface area contributed by atoms with Crippen LogP contribution in [0.4, 0.5) is 0 Å². The standard InChI is InChI=1S/C19H23N3O/c23-19(14-16-6-10-20-11-7-16)21-18-8-12-22(13-9-18)15-17-4-2-1-3-5-17/h1-7,10-11,18H,8-9,12-15H2,(H,21,23). The number of nitrogens with one attached hydrogen (secondary N) is 1. The summed E-state index contributed by atoms with van der Waals surface area (Å²) in [6.45, 7) is 3.07. The minimum Gasteiger partial charge on any atom is -0.353 e. The number of hydrogen-bond acceptors (Lipinski definition) is 3. The van der Waals surface area contributed by atoms with Gasteiger partial charge in [-0.3, -0.25) is 14.7 Å². The van der Waals surface area contributed by atoms with Gasteiger partial charge in [0.2, 0.25) is 5.91 Å². The third-order valence-electron chi connectivity index (χ3n) is 4.32. The van der Waals surface area contributed by atoms with E-state index in [2.05, 4.69) is 39.5 Å². The fourth-order valence-corrected chi connectivity index (χ4v) is 3.04. The van der Waals surface area contributed by atoms with Gasteiger partial charge < -0.3 is 5.32 Å². The van der Waals surface area contributed by atoms with Gasteiger partial charge in [-0.05, 0) is 36.1 Å². The summed E-state index contributed by atoms with van der Waals surface area (Å²) in [5.74, 6) is 0.109. The number of pyridine rings is 1. The Morgan fingerprint density at radius 3 is 2.43 bits per heavy atom. The summed E-state index contributed by atoms with van der Waals surface area (Å²) in [4.78, 5) is 18.5. The summed E-state index contributed by atoms with van der Waals surface area (Å²) in [6.07, 6.45) is 5.94. The van der Waals surface area contributed by atoms with Crippen molar-refractivity contribution in [1.29, 1.82) is 0 Å². The lowest BCUT2D eigenvalue weighted by Gasteiger charge is -2.32. The molecule has 1 aromatic carbocycles. The van der Waals surface area contributed by atoms with E-state index < -0.39 is 0 Å². The Morgan fingerprint density at radius 2 is 1.74 bits per heavy atom. The molecule has 2 heterocycles. The highest BCUT2D eigenvalue weighted by Gasteiger charge is 2.20. The number of piperidine rings is 1. The number of likely N-dealkylation sites (tertiary alicyclic amines) is 1.